The van der Waals surface area contributed by atoms with Crippen LogP contribution in [0.15, 0.2) is 36.5 Å². The van der Waals surface area contributed by atoms with Crippen molar-refractivity contribution < 1.29 is 4.79 Å². The van der Waals surface area contributed by atoms with E-state index in [1.165, 1.54) is 5.56 Å². The molecule has 0 atom stereocenters. The number of carbonyl (C=O) groups excluding carboxylic acids is 1. The topological polar surface area (TPSA) is 45.8 Å². The second-order valence-corrected chi connectivity index (χ2v) is 3.75. The summed E-state index contributed by atoms with van der Waals surface area (Å²) in [5, 5.41) is 0. The fourth-order valence-corrected chi connectivity index (χ4v) is 1.69. The van der Waals surface area contributed by atoms with Crippen LogP contribution in [0, 0.1) is 0 Å². The highest BCUT2D eigenvalue weighted by atomic mass is 16.1. The van der Waals surface area contributed by atoms with E-state index >= 15 is 0 Å². The van der Waals surface area contributed by atoms with Gasteiger partial charge in [-0.25, -0.2) is 4.98 Å². The molecular weight excluding hydrogens is 200 g/mol. The van der Waals surface area contributed by atoms with Gasteiger partial charge in [-0.1, -0.05) is 30.3 Å². The minimum Gasteiger partial charge on any atom is -0.340 e. The lowest BCUT2D eigenvalue weighted by Gasteiger charge is -1.99. The molecule has 0 aliphatic rings. The zero-order valence-corrected chi connectivity index (χ0v) is 9.02. The van der Waals surface area contributed by atoms with Gasteiger partial charge in [0.1, 0.15) is 0 Å². The lowest BCUT2D eigenvalue weighted by atomic mass is 10.1. The quantitative estimate of drug-likeness (QED) is 0.777. The lowest BCUT2D eigenvalue weighted by molar-refractivity contribution is 0.111. The van der Waals surface area contributed by atoms with Gasteiger partial charge < -0.3 is 4.98 Å². The van der Waals surface area contributed by atoms with E-state index in [4.69, 9.17) is 0 Å². The third-order valence-electron chi connectivity index (χ3n) is 2.51. The fraction of sp³-hybridized carbons (Fsp3) is 0.231. The Kier molecular flexibility index (Phi) is 3.49. The van der Waals surface area contributed by atoms with Crippen molar-refractivity contribution in [2.24, 2.45) is 0 Å². The van der Waals surface area contributed by atoms with Crippen LogP contribution < -0.4 is 0 Å². The summed E-state index contributed by atoms with van der Waals surface area (Å²) in [7, 11) is 0. The maximum atomic E-state index is 10.4. The van der Waals surface area contributed by atoms with E-state index < -0.39 is 0 Å². The van der Waals surface area contributed by atoms with Crippen molar-refractivity contribution in [1.82, 2.24) is 9.97 Å². The molecule has 82 valence electrons. The maximum Gasteiger partial charge on any atom is 0.185 e. The molecule has 0 bridgehead atoms. The summed E-state index contributed by atoms with van der Waals surface area (Å²) in [6.45, 7) is 0. The number of H-pyrrole nitrogens is 1. The Morgan fingerprint density at radius 3 is 2.69 bits per heavy atom. The molecule has 0 aliphatic heterocycles. The molecule has 0 saturated heterocycles. The molecule has 1 aromatic heterocycles. The van der Waals surface area contributed by atoms with Gasteiger partial charge in [-0.15, -0.1) is 0 Å². The molecular formula is C13H14N2O. The Labute approximate surface area is 94.5 Å². The molecule has 2 rings (SSSR count). The average molecular weight is 214 g/mol. The second-order valence-electron chi connectivity index (χ2n) is 3.75. The Hall–Kier alpha value is -1.90. The molecule has 0 spiro atoms. The number of aldehydes is 1. The first-order valence-corrected chi connectivity index (χ1v) is 5.41. The fourth-order valence-electron chi connectivity index (χ4n) is 1.69. The molecule has 3 nitrogen and oxygen atoms in total. The lowest BCUT2D eigenvalue weighted by Crippen LogP contribution is -1.90. The van der Waals surface area contributed by atoms with Gasteiger partial charge in [-0.2, -0.15) is 0 Å². The summed E-state index contributed by atoms with van der Waals surface area (Å²) in [6, 6.07) is 10.4. The second kappa shape index (κ2) is 5.26. The summed E-state index contributed by atoms with van der Waals surface area (Å²) in [6.07, 6.45) is 5.51. The number of aromatic nitrogens is 2. The van der Waals surface area contributed by atoms with Crippen LogP contribution in [0.4, 0.5) is 0 Å². The number of carbonyl (C=O) groups is 1. The van der Waals surface area contributed by atoms with Gasteiger partial charge in [0.25, 0.3) is 0 Å². The van der Waals surface area contributed by atoms with Crippen LogP contribution in [0.1, 0.15) is 28.3 Å². The molecule has 1 N–H and O–H groups in total. The van der Waals surface area contributed by atoms with Crippen molar-refractivity contribution in [2.45, 2.75) is 19.3 Å². The van der Waals surface area contributed by atoms with Crippen molar-refractivity contribution in [3.8, 4) is 0 Å². The van der Waals surface area contributed by atoms with E-state index in [2.05, 4.69) is 34.2 Å². The van der Waals surface area contributed by atoms with Crippen LogP contribution in [0.2, 0.25) is 0 Å². The van der Waals surface area contributed by atoms with Crippen molar-refractivity contribution in [1.29, 1.82) is 0 Å². The molecule has 0 saturated carbocycles. The van der Waals surface area contributed by atoms with Gasteiger partial charge in [-0.3, -0.25) is 4.79 Å². The molecule has 1 heterocycles. The number of aromatic amines is 1. The standard InChI is InChI=1S/C13H14N2O/c16-10-13-14-9-12(15-13)8-4-7-11-5-2-1-3-6-11/h1-3,5-6,9-10H,4,7-8H2,(H,14,15). The Morgan fingerprint density at radius 2 is 2.00 bits per heavy atom. The molecule has 0 amide bonds. The first-order valence-electron chi connectivity index (χ1n) is 5.41. The molecule has 3 heteroatoms. The molecule has 0 unspecified atom stereocenters. The molecule has 2 aromatic rings. The molecule has 0 fully saturated rings. The van der Waals surface area contributed by atoms with E-state index in [-0.39, 0.29) is 0 Å². The van der Waals surface area contributed by atoms with Gasteiger partial charge in [0, 0.05) is 11.9 Å². The number of rotatable bonds is 5. The van der Waals surface area contributed by atoms with Crippen LogP contribution in [-0.2, 0) is 12.8 Å². The molecule has 1 aromatic carbocycles. The monoisotopic (exact) mass is 214 g/mol. The summed E-state index contributed by atoms with van der Waals surface area (Å²) in [4.78, 5) is 17.3. The van der Waals surface area contributed by atoms with Crippen molar-refractivity contribution in [3.63, 3.8) is 0 Å². The normalized spacial score (nSPS) is 10.2. The predicted molar refractivity (Wildman–Crippen MR) is 62.4 cm³/mol. The number of nitrogens with zero attached hydrogens (tertiary/aromatic N) is 1. The van der Waals surface area contributed by atoms with Gasteiger partial charge in [0.15, 0.2) is 12.1 Å². The summed E-state index contributed by atoms with van der Waals surface area (Å²) >= 11 is 0. The van der Waals surface area contributed by atoms with Gasteiger partial charge in [0.2, 0.25) is 0 Å². The molecule has 16 heavy (non-hydrogen) atoms. The largest absolute Gasteiger partial charge is 0.340 e. The minimum atomic E-state index is 0.412. The van der Waals surface area contributed by atoms with Crippen LogP contribution >= 0.6 is 0 Å². The first-order chi connectivity index (χ1) is 7.88. The summed E-state index contributed by atoms with van der Waals surface area (Å²) < 4.78 is 0. The van der Waals surface area contributed by atoms with Gasteiger partial charge in [0.05, 0.1) is 0 Å². The predicted octanol–water partition coefficient (Wildman–Crippen LogP) is 2.40. The highest BCUT2D eigenvalue weighted by Gasteiger charge is 1.99. The van der Waals surface area contributed by atoms with Crippen LogP contribution in [0.3, 0.4) is 0 Å². The average Bonchev–Trinajstić information content (AvgIpc) is 2.78. The summed E-state index contributed by atoms with van der Waals surface area (Å²) in [5.41, 5.74) is 2.37. The highest BCUT2D eigenvalue weighted by Crippen LogP contribution is 2.06. The van der Waals surface area contributed by atoms with E-state index in [1.54, 1.807) is 6.20 Å². The maximum absolute atomic E-state index is 10.4. The number of imidazole rings is 1. The Morgan fingerprint density at radius 1 is 1.19 bits per heavy atom. The van der Waals surface area contributed by atoms with E-state index in [0.29, 0.717) is 5.82 Å². The van der Waals surface area contributed by atoms with Gasteiger partial charge in [-0.05, 0) is 24.8 Å². The van der Waals surface area contributed by atoms with Crippen molar-refractivity contribution in [3.05, 3.63) is 53.6 Å². The van der Waals surface area contributed by atoms with Gasteiger partial charge >= 0.3 is 0 Å². The smallest absolute Gasteiger partial charge is 0.185 e. The third-order valence-corrected chi connectivity index (χ3v) is 2.51. The van der Waals surface area contributed by atoms with E-state index in [9.17, 15) is 4.79 Å². The van der Waals surface area contributed by atoms with Crippen LogP contribution in [-0.4, -0.2) is 16.3 Å². The SMILES string of the molecule is O=Cc1ncc(CCCc2ccccc2)[nH]1. The third kappa shape index (κ3) is 2.79. The Bertz CT molecular complexity index is 448. The zero-order valence-electron chi connectivity index (χ0n) is 9.02. The van der Waals surface area contributed by atoms with E-state index in [0.717, 1.165) is 31.2 Å². The van der Waals surface area contributed by atoms with Crippen molar-refractivity contribution in [2.75, 3.05) is 0 Å². The number of aryl methyl sites for hydroxylation is 2. The molecule has 0 aliphatic carbocycles. The van der Waals surface area contributed by atoms with Crippen LogP contribution in [0.25, 0.3) is 0 Å². The zero-order chi connectivity index (χ0) is 11.2. The number of hydrogen-bond donors (Lipinski definition) is 1. The Balaban J connectivity index is 1.82. The number of benzene rings is 1. The minimum absolute atomic E-state index is 0.412. The molecule has 0 radical (unpaired) electrons. The van der Waals surface area contributed by atoms with Crippen molar-refractivity contribution >= 4 is 6.29 Å². The number of hydrogen-bond acceptors (Lipinski definition) is 2. The van der Waals surface area contributed by atoms with E-state index in [1.807, 2.05) is 6.07 Å². The highest BCUT2D eigenvalue weighted by molar-refractivity contribution is 5.68. The summed E-state index contributed by atoms with van der Waals surface area (Å²) in [5.74, 6) is 0.412. The first kappa shape index (κ1) is 10.6. The number of nitrogens with one attached hydrogen (secondary N) is 1. The van der Waals surface area contributed by atoms with Crippen LogP contribution in [0.5, 0.6) is 0 Å².